The summed E-state index contributed by atoms with van der Waals surface area (Å²) in [6.07, 6.45) is 0. The van der Waals surface area contributed by atoms with Gasteiger partial charge < -0.3 is 10.2 Å². The molecule has 0 bridgehead atoms. The second-order valence-electron chi connectivity index (χ2n) is 5.67. The number of halogens is 2. The fourth-order valence-electron chi connectivity index (χ4n) is 2.36. The molecule has 0 fully saturated rings. The number of aryl methyl sites for hydroxylation is 1. The number of carbonyl (C=O) groups excluding carboxylic acids is 1. The molecule has 0 saturated carbocycles. The summed E-state index contributed by atoms with van der Waals surface area (Å²) in [5.41, 5.74) is 1.74. The molecular formula is C19H16F2N4O. The van der Waals surface area contributed by atoms with Crippen molar-refractivity contribution in [3.8, 4) is 0 Å². The van der Waals surface area contributed by atoms with Crippen molar-refractivity contribution in [3.05, 3.63) is 77.6 Å². The highest BCUT2D eigenvalue weighted by Gasteiger charge is 2.15. The molecule has 0 spiro atoms. The number of hydrogen-bond acceptors (Lipinski definition) is 4. The Balaban J connectivity index is 1.87. The molecule has 3 rings (SSSR count). The van der Waals surface area contributed by atoms with Crippen molar-refractivity contribution in [3.63, 3.8) is 0 Å². The average molecular weight is 354 g/mol. The van der Waals surface area contributed by atoms with Gasteiger partial charge in [-0.15, -0.1) is 0 Å². The zero-order valence-electron chi connectivity index (χ0n) is 14.2. The van der Waals surface area contributed by atoms with E-state index in [9.17, 15) is 13.6 Å². The largest absolute Gasteiger partial charge is 0.321 e. The second-order valence-corrected chi connectivity index (χ2v) is 5.67. The molecule has 0 aliphatic heterocycles. The third kappa shape index (κ3) is 3.83. The Bertz CT molecular complexity index is 948. The number of hydrogen-bond donors (Lipinski definition) is 1. The van der Waals surface area contributed by atoms with E-state index in [-0.39, 0.29) is 11.4 Å². The van der Waals surface area contributed by atoms with E-state index in [2.05, 4.69) is 15.3 Å². The lowest BCUT2D eigenvalue weighted by atomic mass is 10.2. The van der Waals surface area contributed by atoms with Crippen LogP contribution < -0.4 is 10.2 Å². The zero-order valence-corrected chi connectivity index (χ0v) is 14.2. The fraction of sp³-hybridized carbons (Fsp3) is 0.105. The van der Waals surface area contributed by atoms with E-state index in [1.54, 1.807) is 18.9 Å². The van der Waals surface area contributed by atoms with Gasteiger partial charge in [-0.25, -0.2) is 18.7 Å². The summed E-state index contributed by atoms with van der Waals surface area (Å²) in [4.78, 5) is 22.8. The van der Waals surface area contributed by atoms with Gasteiger partial charge in [-0.2, -0.15) is 0 Å². The Kier molecular flexibility index (Phi) is 4.88. The standard InChI is InChI=1S/C19H16F2N4O/c1-12-10-17(18(26)23-13-8-9-15(20)16(21)11-13)24-19(22-12)25(2)14-6-4-3-5-7-14/h3-11H,1-2H3,(H,23,26). The topological polar surface area (TPSA) is 58.1 Å². The van der Waals surface area contributed by atoms with Crippen LogP contribution in [0.5, 0.6) is 0 Å². The normalized spacial score (nSPS) is 10.5. The van der Waals surface area contributed by atoms with Crippen LogP contribution in [0.2, 0.25) is 0 Å². The number of benzene rings is 2. The molecule has 2 aromatic carbocycles. The van der Waals surface area contributed by atoms with E-state index in [0.29, 0.717) is 11.6 Å². The van der Waals surface area contributed by atoms with E-state index < -0.39 is 17.5 Å². The number of anilines is 3. The van der Waals surface area contributed by atoms with Gasteiger partial charge in [0.15, 0.2) is 11.6 Å². The highest BCUT2D eigenvalue weighted by molar-refractivity contribution is 6.03. The minimum atomic E-state index is -1.04. The molecule has 5 nitrogen and oxygen atoms in total. The van der Waals surface area contributed by atoms with Gasteiger partial charge in [0.25, 0.3) is 5.91 Å². The monoisotopic (exact) mass is 354 g/mol. The maximum absolute atomic E-state index is 13.3. The molecule has 1 amide bonds. The third-order valence-electron chi connectivity index (χ3n) is 3.70. The number of nitrogens with zero attached hydrogens (tertiary/aromatic N) is 3. The van der Waals surface area contributed by atoms with E-state index in [1.165, 1.54) is 12.1 Å². The van der Waals surface area contributed by atoms with Gasteiger partial charge in [0, 0.05) is 30.2 Å². The van der Waals surface area contributed by atoms with Gasteiger partial charge in [-0.3, -0.25) is 4.79 Å². The van der Waals surface area contributed by atoms with Gasteiger partial charge in [-0.1, -0.05) is 18.2 Å². The lowest BCUT2D eigenvalue weighted by Gasteiger charge is -2.18. The Morgan fingerprint density at radius 2 is 1.73 bits per heavy atom. The Morgan fingerprint density at radius 3 is 2.42 bits per heavy atom. The van der Waals surface area contributed by atoms with Crippen LogP contribution in [-0.2, 0) is 0 Å². The van der Waals surface area contributed by atoms with Gasteiger partial charge >= 0.3 is 0 Å². The SMILES string of the molecule is Cc1cc(C(=O)Nc2ccc(F)c(F)c2)nc(N(C)c2ccccc2)n1. The van der Waals surface area contributed by atoms with Crippen molar-refractivity contribution in [1.82, 2.24) is 9.97 Å². The van der Waals surface area contributed by atoms with Gasteiger partial charge in [-0.05, 0) is 37.3 Å². The molecule has 1 aromatic heterocycles. The first-order chi connectivity index (χ1) is 12.4. The van der Waals surface area contributed by atoms with E-state index in [4.69, 9.17) is 0 Å². The van der Waals surface area contributed by atoms with Crippen LogP contribution in [0.4, 0.5) is 26.1 Å². The average Bonchev–Trinajstić information content (AvgIpc) is 2.64. The molecule has 0 unspecified atom stereocenters. The minimum Gasteiger partial charge on any atom is -0.321 e. The van der Waals surface area contributed by atoms with Crippen LogP contribution in [0.3, 0.4) is 0 Å². The van der Waals surface area contributed by atoms with Gasteiger partial charge in [0.05, 0.1) is 0 Å². The van der Waals surface area contributed by atoms with Crippen molar-refractivity contribution >= 4 is 23.2 Å². The second kappa shape index (κ2) is 7.26. The van der Waals surface area contributed by atoms with Crippen LogP contribution in [0.1, 0.15) is 16.2 Å². The summed E-state index contributed by atoms with van der Waals surface area (Å²) >= 11 is 0. The lowest BCUT2D eigenvalue weighted by molar-refractivity contribution is 0.102. The highest BCUT2D eigenvalue weighted by atomic mass is 19.2. The number of para-hydroxylation sites is 1. The van der Waals surface area contributed by atoms with Crippen molar-refractivity contribution in [1.29, 1.82) is 0 Å². The van der Waals surface area contributed by atoms with Crippen LogP contribution >= 0.6 is 0 Å². The first kappa shape index (κ1) is 17.5. The van der Waals surface area contributed by atoms with Crippen molar-refractivity contribution in [2.24, 2.45) is 0 Å². The van der Waals surface area contributed by atoms with Crippen LogP contribution in [0.25, 0.3) is 0 Å². The van der Waals surface area contributed by atoms with E-state index in [0.717, 1.165) is 17.8 Å². The summed E-state index contributed by atoms with van der Waals surface area (Å²) < 4.78 is 26.3. The number of carbonyl (C=O) groups is 1. The molecular weight excluding hydrogens is 338 g/mol. The van der Waals surface area contributed by atoms with E-state index in [1.807, 2.05) is 30.3 Å². The molecule has 3 aromatic rings. The molecule has 1 N–H and O–H groups in total. The fourth-order valence-corrected chi connectivity index (χ4v) is 2.36. The summed E-state index contributed by atoms with van der Waals surface area (Å²) in [5.74, 6) is -2.20. The maximum Gasteiger partial charge on any atom is 0.274 e. The van der Waals surface area contributed by atoms with Crippen molar-refractivity contribution < 1.29 is 13.6 Å². The van der Waals surface area contributed by atoms with Crippen LogP contribution in [-0.4, -0.2) is 22.9 Å². The van der Waals surface area contributed by atoms with Crippen molar-refractivity contribution in [2.75, 3.05) is 17.3 Å². The van der Waals surface area contributed by atoms with Gasteiger partial charge in [0.2, 0.25) is 5.95 Å². The predicted molar refractivity (Wildman–Crippen MR) is 95.6 cm³/mol. The number of aromatic nitrogens is 2. The quantitative estimate of drug-likeness (QED) is 0.767. The Labute approximate surface area is 149 Å². The highest BCUT2D eigenvalue weighted by Crippen LogP contribution is 2.21. The first-order valence-corrected chi connectivity index (χ1v) is 7.85. The summed E-state index contributed by atoms with van der Waals surface area (Å²) in [7, 11) is 1.79. The molecule has 0 aliphatic carbocycles. The summed E-state index contributed by atoms with van der Waals surface area (Å²) in [6, 6.07) is 14.1. The minimum absolute atomic E-state index is 0.125. The third-order valence-corrected chi connectivity index (χ3v) is 3.70. The van der Waals surface area contributed by atoms with Gasteiger partial charge in [0.1, 0.15) is 5.69 Å². The number of nitrogens with one attached hydrogen (secondary N) is 1. The predicted octanol–water partition coefficient (Wildman–Crippen LogP) is 4.08. The van der Waals surface area contributed by atoms with Crippen LogP contribution in [0.15, 0.2) is 54.6 Å². The summed E-state index contributed by atoms with van der Waals surface area (Å²) in [5, 5.41) is 2.50. The molecule has 26 heavy (non-hydrogen) atoms. The molecule has 132 valence electrons. The molecule has 7 heteroatoms. The number of rotatable bonds is 4. The molecule has 0 atom stereocenters. The van der Waals surface area contributed by atoms with E-state index >= 15 is 0 Å². The number of amides is 1. The molecule has 0 radical (unpaired) electrons. The Hall–Kier alpha value is -3.35. The smallest absolute Gasteiger partial charge is 0.274 e. The first-order valence-electron chi connectivity index (χ1n) is 7.85. The lowest BCUT2D eigenvalue weighted by Crippen LogP contribution is -2.19. The molecule has 0 saturated heterocycles. The van der Waals surface area contributed by atoms with Crippen molar-refractivity contribution in [2.45, 2.75) is 6.92 Å². The maximum atomic E-state index is 13.3. The molecule has 1 heterocycles. The Morgan fingerprint density at radius 1 is 1.00 bits per heavy atom. The van der Waals surface area contributed by atoms with Crippen LogP contribution in [0, 0.1) is 18.6 Å². The molecule has 0 aliphatic rings. The zero-order chi connectivity index (χ0) is 18.7. The summed E-state index contributed by atoms with van der Waals surface area (Å²) in [6.45, 7) is 1.75.